The standard InChI is InChI=1S/C16H13F2NO4/c17-11-1-5-13(6-2-11)19-15(20)9-23-16(21)10-22-14-7-3-12(18)4-8-14/h1-8H,9-10H2,(H,19,20). The highest BCUT2D eigenvalue weighted by Gasteiger charge is 2.09. The number of benzene rings is 2. The van der Waals surface area contributed by atoms with E-state index in [1.807, 2.05) is 0 Å². The SMILES string of the molecule is O=C(COC(=O)COc1ccc(F)cc1)Nc1ccc(F)cc1. The first-order chi connectivity index (χ1) is 11.0. The van der Waals surface area contributed by atoms with Crippen LogP contribution in [-0.4, -0.2) is 25.1 Å². The Morgan fingerprint density at radius 1 is 0.870 bits per heavy atom. The molecule has 0 aromatic heterocycles. The minimum absolute atomic E-state index is 0.305. The molecule has 0 bridgehead atoms. The molecule has 120 valence electrons. The van der Waals surface area contributed by atoms with Gasteiger partial charge in [0.2, 0.25) is 0 Å². The van der Waals surface area contributed by atoms with E-state index >= 15 is 0 Å². The molecule has 0 saturated carbocycles. The van der Waals surface area contributed by atoms with Crippen LogP contribution in [0.2, 0.25) is 0 Å². The van der Waals surface area contributed by atoms with Crippen LogP contribution in [0, 0.1) is 11.6 Å². The molecule has 0 aliphatic heterocycles. The van der Waals surface area contributed by atoms with Crippen LogP contribution in [0.5, 0.6) is 5.75 Å². The summed E-state index contributed by atoms with van der Waals surface area (Å²) in [6.07, 6.45) is 0. The van der Waals surface area contributed by atoms with Gasteiger partial charge in [0.25, 0.3) is 5.91 Å². The Hall–Kier alpha value is -2.96. The summed E-state index contributed by atoms with van der Waals surface area (Å²) in [6.45, 7) is -0.904. The molecular formula is C16H13F2NO4. The maximum atomic E-state index is 12.7. The normalized spacial score (nSPS) is 10.0. The molecule has 7 heteroatoms. The molecule has 5 nitrogen and oxygen atoms in total. The Morgan fingerprint density at radius 2 is 1.43 bits per heavy atom. The molecule has 0 heterocycles. The van der Waals surface area contributed by atoms with Crippen molar-refractivity contribution < 1.29 is 27.8 Å². The van der Waals surface area contributed by atoms with Gasteiger partial charge in [-0.25, -0.2) is 13.6 Å². The highest BCUT2D eigenvalue weighted by Crippen LogP contribution is 2.11. The van der Waals surface area contributed by atoms with E-state index in [1.54, 1.807) is 0 Å². The Morgan fingerprint density at radius 3 is 2.04 bits per heavy atom. The molecule has 0 aliphatic rings. The minimum Gasteiger partial charge on any atom is -0.482 e. The quantitative estimate of drug-likeness (QED) is 0.831. The van der Waals surface area contributed by atoms with Crippen molar-refractivity contribution >= 4 is 17.6 Å². The van der Waals surface area contributed by atoms with Gasteiger partial charge in [-0.05, 0) is 48.5 Å². The number of carbonyl (C=O) groups excluding carboxylic acids is 2. The van der Waals surface area contributed by atoms with Gasteiger partial charge in [0.15, 0.2) is 13.2 Å². The third-order valence-electron chi connectivity index (χ3n) is 2.66. The highest BCUT2D eigenvalue weighted by atomic mass is 19.1. The van der Waals surface area contributed by atoms with Crippen LogP contribution in [0.25, 0.3) is 0 Å². The Labute approximate surface area is 130 Å². The second-order valence-corrected chi connectivity index (χ2v) is 4.46. The molecule has 0 fully saturated rings. The number of ether oxygens (including phenoxy) is 2. The van der Waals surface area contributed by atoms with Crippen molar-refractivity contribution in [3.63, 3.8) is 0 Å². The zero-order valence-electron chi connectivity index (χ0n) is 11.9. The minimum atomic E-state index is -0.747. The van der Waals surface area contributed by atoms with Gasteiger partial charge in [0, 0.05) is 5.69 Å². The summed E-state index contributed by atoms with van der Waals surface area (Å²) in [5.74, 6) is -1.85. The number of esters is 1. The van der Waals surface area contributed by atoms with E-state index in [0.717, 1.165) is 0 Å². The molecule has 0 saturated heterocycles. The van der Waals surface area contributed by atoms with Gasteiger partial charge < -0.3 is 14.8 Å². The summed E-state index contributed by atoms with van der Waals surface area (Å²) in [7, 11) is 0. The monoisotopic (exact) mass is 321 g/mol. The number of hydrogen-bond acceptors (Lipinski definition) is 4. The lowest BCUT2D eigenvalue weighted by Crippen LogP contribution is -2.23. The number of nitrogens with one attached hydrogen (secondary N) is 1. The van der Waals surface area contributed by atoms with Crippen molar-refractivity contribution in [1.29, 1.82) is 0 Å². The predicted molar refractivity (Wildman–Crippen MR) is 77.9 cm³/mol. The molecule has 0 spiro atoms. The van der Waals surface area contributed by atoms with Gasteiger partial charge in [-0.2, -0.15) is 0 Å². The van der Waals surface area contributed by atoms with Crippen LogP contribution >= 0.6 is 0 Å². The number of anilines is 1. The van der Waals surface area contributed by atoms with Crippen LogP contribution in [0.4, 0.5) is 14.5 Å². The molecule has 1 N–H and O–H groups in total. The maximum absolute atomic E-state index is 12.7. The maximum Gasteiger partial charge on any atom is 0.344 e. The first-order valence-electron chi connectivity index (χ1n) is 6.62. The number of halogens is 2. The molecule has 0 atom stereocenters. The number of rotatable bonds is 6. The molecule has 1 amide bonds. The van der Waals surface area contributed by atoms with Gasteiger partial charge in [-0.3, -0.25) is 4.79 Å². The summed E-state index contributed by atoms with van der Waals surface area (Å²) in [4.78, 5) is 23.0. The second-order valence-electron chi connectivity index (χ2n) is 4.46. The van der Waals surface area contributed by atoms with E-state index in [1.165, 1.54) is 48.5 Å². The lowest BCUT2D eigenvalue weighted by Gasteiger charge is -2.08. The predicted octanol–water partition coefficient (Wildman–Crippen LogP) is 2.53. The number of amides is 1. The molecule has 2 rings (SSSR count). The Kier molecular flexibility index (Phi) is 5.62. The highest BCUT2D eigenvalue weighted by molar-refractivity contribution is 5.92. The van der Waals surface area contributed by atoms with Gasteiger partial charge >= 0.3 is 5.97 Å². The van der Waals surface area contributed by atoms with Crippen LogP contribution in [0.1, 0.15) is 0 Å². The second kappa shape index (κ2) is 7.88. The van der Waals surface area contributed by atoms with Crippen molar-refractivity contribution in [3.05, 3.63) is 60.2 Å². The van der Waals surface area contributed by atoms with E-state index in [0.29, 0.717) is 11.4 Å². The third-order valence-corrected chi connectivity index (χ3v) is 2.66. The third kappa shape index (κ3) is 5.74. The number of hydrogen-bond donors (Lipinski definition) is 1. The van der Waals surface area contributed by atoms with Crippen LogP contribution in [0.15, 0.2) is 48.5 Å². The average Bonchev–Trinajstić information content (AvgIpc) is 2.54. The summed E-state index contributed by atoms with van der Waals surface area (Å²) >= 11 is 0. The van der Waals surface area contributed by atoms with Crippen molar-refractivity contribution in [2.45, 2.75) is 0 Å². The molecule has 23 heavy (non-hydrogen) atoms. The molecule has 2 aromatic carbocycles. The fourth-order valence-corrected chi connectivity index (χ4v) is 1.59. The summed E-state index contributed by atoms with van der Waals surface area (Å²) in [6, 6.07) is 10.3. The van der Waals surface area contributed by atoms with E-state index in [4.69, 9.17) is 9.47 Å². The summed E-state index contributed by atoms with van der Waals surface area (Å²) in [5.41, 5.74) is 0.384. The molecule has 0 unspecified atom stereocenters. The fraction of sp³-hybridized carbons (Fsp3) is 0.125. The topological polar surface area (TPSA) is 64.6 Å². The van der Waals surface area contributed by atoms with Gasteiger partial charge in [-0.1, -0.05) is 0 Å². The van der Waals surface area contributed by atoms with Gasteiger partial charge in [0.1, 0.15) is 17.4 Å². The fourth-order valence-electron chi connectivity index (χ4n) is 1.59. The van der Waals surface area contributed by atoms with Crippen molar-refractivity contribution in [2.24, 2.45) is 0 Å². The lowest BCUT2D eigenvalue weighted by atomic mass is 10.3. The molecular weight excluding hydrogens is 308 g/mol. The van der Waals surface area contributed by atoms with Crippen molar-refractivity contribution in [2.75, 3.05) is 18.5 Å². The van der Waals surface area contributed by atoms with Crippen LogP contribution in [0.3, 0.4) is 0 Å². The largest absolute Gasteiger partial charge is 0.482 e. The lowest BCUT2D eigenvalue weighted by molar-refractivity contribution is -0.149. The van der Waals surface area contributed by atoms with Crippen LogP contribution < -0.4 is 10.1 Å². The van der Waals surface area contributed by atoms with Crippen molar-refractivity contribution in [1.82, 2.24) is 0 Å². The van der Waals surface area contributed by atoms with E-state index in [2.05, 4.69) is 5.32 Å². The zero-order chi connectivity index (χ0) is 16.7. The van der Waals surface area contributed by atoms with Crippen LogP contribution in [-0.2, 0) is 14.3 Å². The smallest absolute Gasteiger partial charge is 0.344 e. The first-order valence-corrected chi connectivity index (χ1v) is 6.62. The summed E-state index contributed by atoms with van der Waals surface area (Å²) in [5, 5.41) is 2.44. The Bertz CT molecular complexity index is 671. The Balaban J connectivity index is 1.70. The van der Waals surface area contributed by atoms with Gasteiger partial charge in [-0.15, -0.1) is 0 Å². The summed E-state index contributed by atoms with van der Waals surface area (Å²) < 4.78 is 35.2. The number of carbonyl (C=O) groups is 2. The van der Waals surface area contributed by atoms with E-state index in [9.17, 15) is 18.4 Å². The van der Waals surface area contributed by atoms with Gasteiger partial charge in [0.05, 0.1) is 0 Å². The molecule has 2 aromatic rings. The van der Waals surface area contributed by atoms with E-state index < -0.39 is 36.7 Å². The van der Waals surface area contributed by atoms with E-state index in [-0.39, 0.29) is 0 Å². The average molecular weight is 321 g/mol. The zero-order valence-corrected chi connectivity index (χ0v) is 11.9. The first kappa shape index (κ1) is 16.4. The van der Waals surface area contributed by atoms with Crippen molar-refractivity contribution in [3.8, 4) is 5.75 Å². The molecule has 0 aliphatic carbocycles. The molecule has 0 radical (unpaired) electrons.